The summed E-state index contributed by atoms with van der Waals surface area (Å²) in [5.74, 6) is 0.547. The first-order valence-corrected chi connectivity index (χ1v) is 6.40. The van der Waals surface area contributed by atoms with E-state index in [1.54, 1.807) is 0 Å². The van der Waals surface area contributed by atoms with E-state index >= 15 is 0 Å². The third-order valence-electron chi connectivity index (χ3n) is 2.64. The summed E-state index contributed by atoms with van der Waals surface area (Å²) in [4.78, 5) is 11.8. The number of rotatable bonds is 5. The molecule has 0 spiro atoms. The van der Waals surface area contributed by atoms with Gasteiger partial charge in [-0.15, -0.1) is 10.2 Å². The van der Waals surface area contributed by atoms with Crippen LogP contribution in [0.5, 0.6) is 0 Å². The molecule has 1 amide bonds. The number of hydrogen-bond donors (Lipinski definition) is 2. The number of hydrogen-bond acceptors (Lipinski definition) is 5. The molecule has 0 aromatic carbocycles. The Balaban J connectivity index is 1.91. The molecule has 2 N–H and O–H groups in total. The molecule has 5 nitrogen and oxygen atoms in total. The largest absolute Gasteiger partial charge is 0.360 e. The minimum Gasteiger partial charge on any atom is -0.360 e. The van der Waals surface area contributed by atoms with Gasteiger partial charge in [0, 0.05) is 12.6 Å². The van der Waals surface area contributed by atoms with Gasteiger partial charge >= 0.3 is 0 Å². The number of nitrogens with zero attached hydrogens (tertiary/aromatic N) is 2. The highest BCUT2D eigenvalue weighted by molar-refractivity contribution is 7.17. The fraction of sp³-hybridized carbons (Fsp3) is 0.700. The minimum absolute atomic E-state index is 0.110. The Labute approximate surface area is 98.7 Å². The summed E-state index contributed by atoms with van der Waals surface area (Å²) in [6.45, 7) is 4.81. The lowest BCUT2D eigenvalue weighted by atomic mass is 10.2. The Kier molecular flexibility index (Phi) is 3.38. The Morgan fingerprint density at radius 2 is 2.31 bits per heavy atom. The second-order valence-corrected chi connectivity index (χ2v) is 5.02. The number of anilines is 1. The van der Waals surface area contributed by atoms with E-state index in [9.17, 15) is 4.79 Å². The lowest BCUT2D eigenvalue weighted by Crippen LogP contribution is -2.33. The number of nitrogens with one attached hydrogen (secondary N) is 2. The molecular formula is C10H16N4OS. The van der Waals surface area contributed by atoms with E-state index in [1.165, 1.54) is 24.2 Å². The van der Waals surface area contributed by atoms with Gasteiger partial charge in [-0.05, 0) is 32.6 Å². The second-order valence-electron chi connectivity index (χ2n) is 4.04. The van der Waals surface area contributed by atoms with Crippen molar-refractivity contribution in [1.82, 2.24) is 15.5 Å². The first kappa shape index (κ1) is 11.3. The maximum Gasteiger partial charge on any atom is 0.282 e. The third-order valence-corrected chi connectivity index (χ3v) is 3.51. The third kappa shape index (κ3) is 2.69. The summed E-state index contributed by atoms with van der Waals surface area (Å²) in [7, 11) is 0. The van der Waals surface area contributed by atoms with Crippen molar-refractivity contribution in [1.29, 1.82) is 0 Å². The van der Waals surface area contributed by atoms with Crippen LogP contribution >= 0.6 is 11.3 Å². The van der Waals surface area contributed by atoms with Crippen molar-refractivity contribution in [3.63, 3.8) is 0 Å². The lowest BCUT2D eigenvalue weighted by molar-refractivity contribution is 0.0934. The predicted molar refractivity (Wildman–Crippen MR) is 63.7 cm³/mol. The molecule has 1 aliphatic carbocycles. The van der Waals surface area contributed by atoms with Gasteiger partial charge in [-0.1, -0.05) is 11.3 Å². The van der Waals surface area contributed by atoms with Crippen LogP contribution in [0.4, 0.5) is 5.13 Å². The first-order chi connectivity index (χ1) is 7.70. The molecule has 0 bridgehead atoms. The highest BCUT2D eigenvalue weighted by atomic mass is 32.1. The summed E-state index contributed by atoms with van der Waals surface area (Å²) in [6, 6.07) is 0.249. The summed E-state index contributed by atoms with van der Waals surface area (Å²) in [5, 5.41) is 14.9. The molecule has 1 fully saturated rings. The van der Waals surface area contributed by atoms with Crippen LogP contribution in [0.25, 0.3) is 0 Å². The molecule has 1 aliphatic rings. The van der Waals surface area contributed by atoms with Gasteiger partial charge < -0.3 is 10.6 Å². The van der Waals surface area contributed by atoms with Gasteiger partial charge in [-0.2, -0.15) is 0 Å². The van der Waals surface area contributed by atoms with Crippen molar-refractivity contribution in [2.45, 2.75) is 32.7 Å². The molecule has 2 rings (SSSR count). The maximum atomic E-state index is 11.8. The van der Waals surface area contributed by atoms with Crippen molar-refractivity contribution in [2.24, 2.45) is 5.92 Å². The highest BCUT2D eigenvalue weighted by Gasteiger charge is 2.29. The van der Waals surface area contributed by atoms with Crippen molar-refractivity contribution in [2.75, 3.05) is 11.9 Å². The van der Waals surface area contributed by atoms with Crippen molar-refractivity contribution in [3.05, 3.63) is 5.01 Å². The van der Waals surface area contributed by atoms with Gasteiger partial charge in [-0.25, -0.2) is 0 Å². The van der Waals surface area contributed by atoms with Crippen LogP contribution in [0.3, 0.4) is 0 Å². The smallest absolute Gasteiger partial charge is 0.282 e. The van der Waals surface area contributed by atoms with E-state index in [2.05, 4.69) is 20.8 Å². The summed E-state index contributed by atoms with van der Waals surface area (Å²) < 4.78 is 0. The molecule has 1 saturated carbocycles. The number of amides is 1. The van der Waals surface area contributed by atoms with Gasteiger partial charge in [-0.3, -0.25) is 4.79 Å². The summed E-state index contributed by atoms with van der Waals surface area (Å²) in [6.07, 6.45) is 2.44. The Morgan fingerprint density at radius 1 is 1.56 bits per heavy atom. The molecule has 16 heavy (non-hydrogen) atoms. The van der Waals surface area contributed by atoms with E-state index in [4.69, 9.17) is 0 Å². The zero-order chi connectivity index (χ0) is 11.5. The molecule has 1 heterocycles. The topological polar surface area (TPSA) is 66.9 Å². The molecule has 1 unspecified atom stereocenters. The first-order valence-electron chi connectivity index (χ1n) is 5.59. The zero-order valence-electron chi connectivity index (χ0n) is 9.49. The van der Waals surface area contributed by atoms with Crippen LogP contribution < -0.4 is 10.6 Å². The Hall–Kier alpha value is -1.17. The van der Waals surface area contributed by atoms with E-state index in [0.717, 1.165) is 6.54 Å². The quantitative estimate of drug-likeness (QED) is 0.818. The number of carbonyl (C=O) groups excluding carboxylic acids is 1. The normalized spacial score (nSPS) is 16.9. The predicted octanol–water partition coefficient (Wildman–Crippen LogP) is 1.50. The summed E-state index contributed by atoms with van der Waals surface area (Å²) >= 11 is 1.29. The van der Waals surface area contributed by atoms with Crippen LogP contribution in [-0.4, -0.2) is 28.7 Å². The SMILES string of the molecule is CCNc1nnc(C(=O)NC(C)C2CC2)s1. The average molecular weight is 240 g/mol. The fourth-order valence-electron chi connectivity index (χ4n) is 1.52. The molecule has 0 aliphatic heterocycles. The van der Waals surface area contributed by atoms with E-state index in [-0.39, 0.29) is 11.9 Å². The zero-order valence-corrected chi connectivity index (χ0v) is 10.3. The van der Waals surface area contributed by atoms with Crippen LogP contribution in [-0.2, 0) is 0 Å². The molecule has 0 saturated heterocycles. The molecule has 1 atom stereocenters. The monoisotopic (exact) mass is 240 g/mol. The summed E-state index contributed by atoms with van der Waals surface area (Å²) in [5.41, 5.74) is 0. The maximum absolute atomic E-state index is 11.8. The fourth-order valence-corrected chi connectivity index (χ4v) is 2.23. The highest BCUT2D eigenvalue weighted by Crippen LogP contribution is 2.32. The van der Waals surface area contributed by atoms with Crippen LogP contribution in [0, 0.1) is 5.92 Å². The van der Waals surface area contributed by atoms with Crippen molar-refractivity contribution < 1.29 is 4.79 Å². The van der Waals surface area contributed by atoms with E-state index < -0.39 is 0 Å². The molecule has 0 radical (unpaired) electrons. The van der Waals surface area contributed by atoms with Gasteiger partial charge in [0.15, 0.2) is 0 Å². The molecule has 88 valence electrons. The van der Waals surface area contributed by atoms with Gasteiger partial charge in [0.05, 0.1) is 0 Å². The Morgan fingerprint density at radius 3 is 2.94 bits per heavy atom. The van der Waals surface area contributed by atoms with Crippen LogP contribution in [0.15, 0.2) is 0 Å². The van der Waals surface area contributed by atoms with Gasteiger partial charge in [0.1, 0.15) is 0 Å². The minimum atomic E-state index is -0.110. The van der Waals surface area contributed by atoms with E-state index in [0.29, 0.717) is 16.1 Å². The molecule has 1 aromatic rings. The number of aromatic nitrogens is 2. The number of carbonyl (C=O) groups is 1. The van der Waals surface area contributed by atoms with Gasteiger partial charge in [0.2, 0.25) is 10.1 Å². The Bertz CT molecular complexity index is 375. The average Bonchev–Trinajstić information content (AvgIpc) is 3.00. The lowest BCUT2D eigenvalue weighted by Gasteiger charge is -2.10. The van der Waals surface area contributed by atoms with Crippen LogP contribution in [0.2, 0.25) is 0 Å². The molecule has 1 aromatic heterocycles. The van der Waals surface area contributed by atoms with Crippen LogP contribution in [0.1, 0.15) is 36.5 Å². The van der Waals surface area contributed by atoms with Gasteiger partial charge in [0.25, 0.3) is 5.91 Å². The van der Waals surface area contributed by atoms with Crippen molar-refractivity contribution >= 4 is 22.4 Å². The molecular weight excluding hydrogens is 224 g/mol. The molecule has 6 heteroatoms. The van der Waals surface area contributed by atoms with Crippen molar-refractivity contribution in [3.8, 4) is 0 Å². The van der Waals surface area contributed by atoms with E-state index in [1.807, 2.05) is 13.8 Å². The standard InChI is InChI=1S/C10H16N4OS/c1-3-11-10-14-13-9(16-10)8(15)12-6(2)7-4-5-7/h6-7H,3-5H2,1-2H3,(H,11,14)(H,12,15). The second kappa shape index (κ2) is 4.78.